The Bertz CT molecular complexity index is 958. The van der Waals surface area contributed by atoms with Crippen LogP contribution in [0.4, 0.5) is 23.5 Å². The topological polar surface area (TPSA) is 72.9 Å². The summed E-state index contributed by atoms with van der Waals surface area (Å²) in [7, 11) is 0. The number of hydrogen-bond acceptors (Lipinski definition) is 6. The summed E-state index contributed by atoms with van der Waals surface area (Å²) in [5, 5.41) is 7.26. The SMILES string of the molecule is N[C@@H]1CN(c2nc3ccc(F)cc3n2Cc2nnc(C(F)F)s2)CC[C@H]1F. The summed E-state index contributed by atoms with van der Waals surface area (Å²) in [4.78, 5) is 6.35. The summed E-state index contributed by atoms with van der Waals surface area (Å²) in [6.45, 7) is 0.759. The molecule has 0 aliphatic carbocycles. The molecular weight excluding hydrogens is 384 g/mol. The monoisotopic (exact) mass is 400 g/mol. The van der Waals surface area contributed by atoms with Crippen LogP contribution >= 0.6 is 11.3 Å². The van der Waals surface area contributed by atoms with E-state index in [1.54, 1.807) is 4.57 Å². The lowest BCUT2D eigenvalue weighted by Crippen LogP contribution is -2.50. The number of aromatic nitrogens is 4. The van der Waals surface area contributed by atoms with E-state index in [4.69, 9.17) is 5.73 Å². The summed E-state index contributed by atoms with van der Waals surface area (Å²) in [6, 6.07) is 3.50. The molecule has 0 saturated carbocycles. The van der Waals surface area contributed by atoms with Gasteiger partial charge in [-0.2, -0.15) is 0 Å². The molecule has 0 spiro atoms. The van der Waals surface area contributed by atoms with Gasteiger partial charge in [0.15, 0.2) is 5.01 Å². The average molecular weight is 400 g/mol. The highest BCUT2D eigenvalue weighted by Gasteiger charge is 2.29. The molecule has 1 aliphatic heterocycles. The van der Waals surface area contributed by atoms with Crippen LogP contribution in [-0.4, -0.2) is 45.1 Å². The molecule has 27 heavy (non-hydrogen) atoms. The van der Waals surface area contributed by atoms with Crippen molar-refractivity contribution in [2.45, 2.75) is 31.6 Å². The zero-order valence-electron chi connectivity index (χ0n) is 14.0. The largest absolute Gasteiger partial charge is 0.340 e. The van der Waals surface area contributed by atoms with Gasteiger partial charge in [0.05, 0.1) is 23.6 Å². The van der Waals surface area contributed by atoms with Crippen molar-refractivity contribution in [1.29, 1.82) is 0 Å². The summed E-state index contributed by atoms with van der Waals surface area (Å²) in [5.41, 5.74) is 6.88. The first-order chi connectivity index (χ1) is 12.9. The molecule has 2 aromatic heterocycles. The van der Waals surface area contributed by atoms with Gasteiger partial charge < -0.3 is 15.2 Å². The number of imidazole rings is 1. The molecular formula is C16H16F4N6S. The number of fused-ring (bicyclic) bond motifs is 1. The molecule has 0 bridgehead atoms. The number of halogens is 4. The summed E-state index contributed by atoms with van der Waals surface area (Å²) in [5.74, 6) is 0.0339. The number of piperidine rings is 1. The van der Waals surface area contributed by atoms with Crippen LogP contribution in [0.2, 0.25) is 0 Å². The second-order valence-electron chi connectivity index (χ2n) is 6.38. The first-order valence-electron chi connectivity index (χ1n) is 8.33. The van der Waals surface area contributed by atoms with Gasteiger partial charge in [-0.1, -0.05) is 11.3 Å². The van der Waals surface area contributed by atoms with E-state index >= 15 is 0 Å². The Morgan fingerprint density at radius 3 is 2.81 bits per heavy atom. The molecule has 0 radical (unpaired) electrons. The zero-order chi connectivity index (χ0) is 19.1. The predicted molar refractivity (Wildman–Crippen MR) is 93.4 cm³/mol. The van der Waals surface area contributed by atoms with E-state index < -0.39 is 24.5 Å². The van der Waals surface area contributed by atoms with Crippen LogP contribution in [0.25, 0.3) is 11.0 Å². The fourth-order valence-corrected chi connectivity index (χ4v) is 3.86. The van der Waals surface area contributed by atoms with E-state index in [1.807, 2.05) is 4.90 Å². The van der Waals surface area contributed by atoms with Crippen molar-refractivity contribution >= 4 is 28.3 Å². The third kappa shape index (κ3) is 3.48. The average Bonchev–Trinajstić information content (AvgIpc) is 3.23. The molecule has 1 fully saturated rings. The molecule has 4 rings (SSSR count). The highest BCUT2D eigenvalue weighted by atomic mass is 32.1. The minimum Gasteiger partial charge on any atom is -0.340 e. The van der Waals surface area contributed by atoms with Crippen LogP contribution in [0.15, 0.2) is 18.2 Å². The minimum absolute atomic E-state index is 0.102. The third-order valence-electron chi connectivity index (χ3n) is 4.51. The van der Waals surface area contributed by atoms with E-state index in [0.29, 0.717) is 28.5 Å². The van der Waals surface area contributed by atoms with Gasteiger partial charge in [-0.25, -0.2) is 22.5 Å². The molecule has 1 aromatic carbocycles. The Labute approximate surface area is 155 Å². The van der Waals surface area contributed by atoms with Gasteiger partial charge in [-0.15, -0.1) is 10.2 Å². The molecule has 0 amide bonds. The Morgan fingerprint density at radius 2 is 2.11 bits per heavy atom. The Morgan fingerprint density at radius 1 is 1.30 bits per heavy atom. The Kier molecular flexibility index (Phi) is 4.72. The molecule has 1 saturated heterocycles. The van der Waals surface area contributed by atoms with Gasteiger partial charge in [-0.05, 0) is 24.6 Å². The third-order valence-corrected chi connectivity index (χ3v) is 5.42. The van der Waals surface area contributed by atoms with Crippen molar-refractivity contribution in [2.24, 2.45) is 5.73 Å². The number of anilines is 1. The van der Waals surface area contributed by atoms with Crippen molar-refractivity contribution in [3.63, 3.8) is 0 Å². The maximum Gasteiger partial charge on any atom is 0.291 e. The second kappa shape index (κ2) is 7.04. The van der Waals surface area contributed by atoms with E-state index in [2.05, 4.69) is 15.2 Å². The predicted octanol–water partition coefficient (Wildman–Crippen LogP) is 2.89. The number of nitrogens with two attached hydrogens (primary N) is 1. The van der Waals surface area contributed by atoms with Gasteiger partial charge in [0.1, 0.15) is 17.0 Å². The number of benzene rings is 1. The summed E-state index contributed by atoms with van der Waals surface area (Å²) in [6.07, 6.45) is -3.53. The summed E-state index contributed by atoms with van der Waals surface area (Å²) < 4.78 is 54.8. The quantitative estimate of drug-likeness (QED) is 0.682. The van der Waals surface area contributed by atoms with Crippen LogP contribution in [0.1, 0.15) is 22.9 Å². The van der Waals surface area contributed by atoms with E-state index in [-0.39, 0.29) is 24.5 Å². The first kappa shape index (κ1) is 18.1. The molecule has 0 unspecified atom stereocenters. The van der Waals surface area contributed by atoms with E-state index in [9.17, 15) is 17.6 Å². The Balaban J connectivity index is 1.75. The lowest BCUT2D eigenvalue weighted by atomic mass is 10.1. The van der Waals surface area contributed by atoms with Crippen LogP contribution in [-0.2, 0) is 6.54 Å². The molecule has 2 atom stereocenters. The van der Waals surface area contributed by atoms with Crippen LogP contribution in [0.5, 0.6) is 0 Å². The molecule has 1 aliphatic rings. The van der Waals surface area contributed by atoms with Gasteiger partial charge in [0.25, 0.3) is 6.43 Å². The molecule has 3 heterocycles. The first-order valence-corrected chi connectivity index (χ1v) is 9.15. The van der Waals surface area contributed by atoms with E-state index in [0.717, 1.165) is 11.3 Å². The van der Waals surface area contributed by atoms with Crippen LogP contribution in [0.3, 0.4) is 0 Å². The molecule has 6 nitrogen and oxygen atoms in total. The highest BCUT2D eigenvalue weighted by molar-refractivity contribution is 7.11. The normalized spacial score (nSPS) is 20.7. The maximum atomic E-state index is 13.8. The number of hydrogen-bond donors (Lipinski definition) is 1. The zero-order valence-corrected chi connectivity index (χ0v) is 14.8. The van der Waals surface area contributed by atoms with Crippen molar-refractivity contribution < 1.29 is 17.6 Å². The van der Waals surface area contributed by atoms with Crippen molar-refractivity contribution in [3.8, 4) is 0 Å². The van der Waals surface area contributed by atoms with Crippen LogP contribution in [0, 0.1) is 5.82 Å². The van der Waals surface area contributed by atoms with Gasteiger partial charge in [-0.3, -0.25) is 0 Å². The molecule has 11 heteroatoms. The Hall–Kier alpha value is -2.27. The fourth-order valence-electron chi connectivity index (χ4n) is 3.17. The van der Waals surface area contributed by atoms with Crippen LogP contribution < -0.4 is 10.6 Å². The maximum absolute atomic E-state index is 13.8. The lowest BCUT2D eigenvalue weighted by Gasteiger charge is -2.34. The van der Waals surface area contributed by atoms with Crippen molar-refractivity contribution in [2.75, 3.05) is 18.0 Å². The second-order valence-corrected chi connectivity index (χ2v) is 7.47. The molecule has 3 aromatic rings. The highest BCUT2D eigenvalue weighted by Crippen LogP contribution is 2.29. The standard InChI is InChI=1S/C16H16F4N6S/c17-8-1-2-11-12(5-8)26(7-13-23-24-15(27-13)14(19)20)16(22-11)25-4-3-9(18)10(21)6-25/h1-2,5,9-10,14H,3-4,6-7,21H2/t9-,10-/m1/s1. The summed E-state index contributed by atoms with van der Waals surface area (Å²) >= 11 is 0.790. The van der Waals surface area contributed by atoms with Crippen molar-refractivity contribution in [3.05, 3.63) is 34.0 Å². The van der Waals surface area contributed by atoms with Gasteiger partial charge in [0.2, 0.25) is 5.95 Å². The molecule has 2 N–H and O–H groups in total. The smallest absolute Gasteiger partial charge is 0.291 e. The minimum atomic E-state index is -2.70. The van der Waals surface area contributed by atoms with Gasteiger partial charge in [0, 0.05) is 13.1 Å². The lowest BCUT2D eigenvalue weighted by molar-refractivity contribution is 0.150. The fraction of sp³-hybridized carbons (Fsp3) is 0.438. The number of rotatable bonds is 4. The number of nitrogens with zero attached hydrogens (tertiary/aromatic N) is 5. The van der Waals surface area contributed by atoms with Crippen molar-refractivity contribution in [1.82, 2.24) is 19.7 Å². The number of alkyl halides is 3. The van der Waals surface area contributed by atoms with Gasteiger partial charge >= 0.3 is 0 Å². The van der Waals surface area contributed by atoms with E-state index in [1.165, 1.54) is 18.2 Å². The molecule has 144 valence electrons.